The first kappa shape index (κ1) is 42.9. The first-order valence-electron chi connectivity index (χ1n) is 17.8. The van der Waals surface area contributed by atoms with Crippen LogP contribution in [0.15, 0.2) is 0 Å². The quantitative estimate of drug-likeness (QED) is 0.172. The first-order valence-corrected chi connectivity index (χ1v) is 17.8. The molecule has 4 nitrogen and oxygen atoms in total. The Hall–Kier alpha value is -3.79. The predicted molar refractivity (Wildman–Crippen MR) is 270 cm³/mol. The van der Waals surface area contributed by atoms with Crippen molar-refractivity contribution in [1.82, 2.24) is 19.5 Å². The third-order valence-electron chi connectivity index (χ3n) is 11.7. The van der Waals surface area contributed by atoms with Gasteiger partial charge in [-0.05, 0) is 27.6 Å². The van der Waals surface area contributed by atoms with E-state index < -0.39 is 5.41 Å². The minimum absolute atomic E-state index is 0.00183. The molecular formula is C36H6B20N4. The molecule has 0 fully saturated rings. The van der Waals surface area contributed by atoms with E-state index in [2.05, 4.69) is 0 Å². The summed E-state index contributed by atoms with van der Waals surface area (Å²) in [7, 11) is 131. The van der Waals surface area contributed by atoms with Crippen LogP contribution >= 0.6 is 0 Å². The standard InChI is InChI=1S/C36H6B20N4/c1-36(2)9-4(3-10(36)19(45)26(52)20(46)12(3)38)18(44)31-5(11(9)37)6-13(39)21(47)29(55)30(56)32(6)60(31)35-58-33(7-14(40)22(48)27(53)23(49)15(7)41)57-34(59-35)8-16(42)24(50)28(54)25(51)17(8)43/h1-2H3. The molecule has 24 heteroatoms. The van der Waals surface area contributed by atoms with E-state index in [4.69, 9.17) is 172 Å². The molecule has 230 valence electrons. The van der Waals surface area contributed by atoms with Crippen molar-refractivity contribution in [2.75, 3.05) is 0 Å². The molecule has 1 aliphatic rings. The van der Waals surface area contributed by atoms with Crippen LogP contribution in [0.25, 0.3) is 61.7 Å². The summed E-state index contributed by atoms with van der Waals surface area (Å²) in [5.74, 6) is -0.681. The lowest BCUT2D eigenvalue weighted by atomic mass is 9.60. The van der Waals surface area contributed by atoms with Crippen LogP contribution in [0.1, 0.15) is 25.0 Å². The van der Waals surface area contributed by atoms with Gasteiger partial charge in [0.25, 0.3) is 0 Å². The van der Waals surface area contributed by atoms with Crippen molar-refractivity contribution in [1.29, 1.82) is 0 Å². The van der Waals surface area contributed by atoms with Crippen molar-refractivity contribution >= 4 is 288 Å². The van der Waals surface area contributed by atoms with Crippen LogP contribution in [0.2, 0.25) is 0 Å². The van der Waals surface area contributed by atoms with Gasteiger partial charge in [0.15, 0.2) is 11.6 Å². The smallest absolute Gasteiger partial charge is 0.238 e. The van der Waals surface area contributed by atoms with Crippen molar-refractivity contribution in [3.63, 3.8) is 0 Å². The molecule has 8 rings (SSSR count). The van der Waals surface area contributed by atoms with Crippen LogP contribution in [-0.4, -0.2) is 176 Å². The van der Waals surface area contributed by atoms with E-state index >= 15 is 0 Å². The van der Waals surface area contributed by atoms with Crippen LogP contribution in [0.5, 0.6) is 0 Å². The largest absolute Gasteiger partial charge is 0.279 e. The summed E-state index contributed by atoms with van der Waals surface area (Å²) in [5.41, 5.74) is 0.499. The summed E-state index contributed by atoms with van der Waals surface area (Å²) in [6.45, 7) is 3.77. The molecule has 0 atom stereocenters. The van der Waals surface area contributed by atoms with E-state index in [1.807, 2.05) is 13.8 Å². The second kappa shape index (κ2) is 14.1. The Kier molecular flexibility index (Phi) is 10.1. The maximum Gasteiger partial charge on any atom is 0.238 e. The van der Waals surface area contributed by atoms with Gasteiger partial charge in [-0.25, -0.2) is 4.98 Å². The van der Waals surface area contributed by atoms with Gasteiger partial charge < -0.3 is 0 Å². The Balaban J connectivity index is 1.66. The minimum atomic E-state index is -0.965. The van der Waals surface area contributed by atoms with Gasteiger partial charge >= 0.3 is 0 Å². The van der Waals surface area contributed by atoms with Crippen LogP contribution in [0.3, 0.4) is 0 Å². The van der Waals surface area contributed by atoms with Gasteiger partial charge in [0.2, 0.25) is 5.95 Å². The molecule has 0 bridgehead atoms. The van der Waals surface area contributed by atoms with Crippen molar-refractivity contribution in [2.45, 2.75) is 19.3 Å². The lowest BCUT2D eigenvalue weighted by Crippen LogP contribution is -2.55. The van der Waals surface area contributed by atoms with E-state index in [0.29, 0.717) is 22.3 Å². The molecule has 40 radical (unpaired) electrons. The average molecular weight is 711 g/mol. The molecule has 2 aromatic heterocycles. The van der Waals surface area contributed by atoms with Gasteiger partial charge in [0.1, 0.15) is 157 Å². The highest BCUT2D eigenvalue weighted by Gasteiger charge is 2.42. The molecule has 0 N–H and O–H groups in total. The maximum absolute atomic E-state index is 7.33. The van der Waals surface area contributed by atoms with Crippen LogP contribution in [0, 0.1) is 0 Å². The minimum Gasteiger partial charge on any atom is -0.279 e. The fourth-order valence-electron chi connectivity index (χ4n) is 8.51. The van der Waals surface area contributed by atoms with E-state index in [1.54, 1.807) is 0 Å². The molecule has 7 aromatic rings. The average Bonchev–Trinajstić information content (AvgIpc) is 3.70. The second-order valence-electron chi connectivity index (χ2n) is 15.2. The molecule has 1 aliphatic carbocycles. The highest BCUT2D eigenvalue weighted by atomic mass is 15.2. The normalized spacial score (nSPS) is 13.0. The summed E-state index contributed by atoms with van der Waals surface area (Å²) in [6.07, 6.45) is 0. The Labute approximate surface area is 375 Å². The molecule has 0 unspecified atom stereocenters. The first-order chi connectivity index (χ1) is 27.9. The fourth-order valence-corrected chi connectivity index (χ4v) is 8.51. The third kappa shape index (κ3) is 5.42. The molecular weight excluding hydrogens is 705 g/mol. The van der Waals surface area contributed by atoms with E-state index in [-0.39, 0.29) is 160 Å². The zero-order valence-electron chi connectivity index (χ0n) is 32.3. The number of aromatic nitrogens is 4. The third-order valence-corrected chi connectivity index (χ3v) is 11.7. The van der Waals surface area contributed by atoms with Crippen LogP contribution < -0.4 is 109 Å². The molecule has 2 heterocycles. The van der Waals surface area contributed by atoms with Crippen molar-refractivity contribution in [3.8, 4) is 39.9 Å². The van der Waals surface area contributed by atoms with Gasteiger partial charge in [-0.15, -0.1) is 54.6 Å². The Morgan fingerprint density at radius 3 is 1.05 bits per heavy atom. The summed E-state index contributed by atoms with van der Waals surface area (Å²) in [4.78, 5) is 14.4. The van der Waals surface area contributed by atoms with E-state index in [0.717, 1.165) is 0 Å². The fraction of sp³-hybridized carbons (Fsp3) is 0.0833. The van der Waals surface area contributed by atoms with Crippen molar-refractivity contribution in [3.05, 3.63) is 11.1 Å². The van der Waals surface area contributed by atoms with Gasteiger partial charge in [0, 0.05) is 33.0 Å². The van der Waals surface area contributed by atoms with Crippen LogP contribution in [-0.2, 0) is 5.41 Å². The Morgan fingerprint density at radius 2 is 0.600 bits per heavy atom. The summed E-state index contributed by atoms with van der Waals surface area (Å²) in [6, 6.07) is 0. The Bertz CT molecular complexity index is 3050. The lowest BCUT2D eigenvalue weighted by Gasteiger charge is -2.28. The molecule has 60 heavy (non-hydrogen) atoms. The highest BCUT2D eigenvalue weighted by molar-refractivity contribution is 6.72. The van der Waals surface area contributed by atoms with Crippen molar-refractivity contribution < 1.29 is 0 Å². The van der Waals surface area contributed by atoms with Gasteiger partial charge in [-0.2, -0.15) is 9.97 Å². The highest BCUT2D eigenvalue weighted by Crippen LogP contribution is 2.46. The molecule has 0 spiro atoms. The van der Waals surface area contributed by atoms with Crippen LogP contribution in [0.4, 0.5) is 0 Å². The maximum atomic E-state index is 7.33. The number of rotatable bonds is 3. The predicted octanol–water partition coefficient (Wildman–Crippen LogP) is -15.5. The van der Waals surface area contributed by atoms with E-state index in [1.165, 1.54) is 4.57 Å². The number of hydrogen-bond acceptors (Lipinski definition) is 3. The summed E-state index contributed by atoms with van der Waals surface area (Å²) < 4.78 is 1.45. The molecule has 0 saturated carbocycles. The zero-order valence-corrected chi connectivity index (χ0v) is 32.3. The second-order valence-corrected chi connectivity index (χ2v) is 15.2. The number of nitrogens with zero attached hydrogens (tertiary/aromatic N) is 4. The molecule has 0 amide bonds. The number of benzene rings is 5. The number of hydrogen-bond donors (Lipinski definition) is 0. The van der Waals surface area contributed by atoms with Gasteiger partial charge in [-0.1, -0.05) is 68.5 Å². The van der Waals surface area contributed by atoms with E-state index in [9.17, 15) is 0 Å². The molecule has 0 saturated heterocycles. The van der Waals surface area contributed by atoms with Gasteiger partial charge in [0.05, 0.1) is 0 Å². The number of fused-ring (bicyclic) bond motifs is 6. The van der Waals surface area contributed by atoms with Crippen molar-refractivity contribution in [2.24, 2.45) is 0 Å². The lowest BCUT2D eigenvalue weighted by molar-refractivity contribution is 0.670. The SMILES string of the molecule is [B]c1c([B])c([B])c(-c2nc(-c3c([B])c([B])c([B])c([B])c3[B])nc(-n3c4c([B])c([B])c([B])c([B])c4c4c([B])c5c(c([B])c43)-c3c([B])c([B])c([B])c([B])c3C5(C)C)n2)c([B])c1[B]. The summed E-state index contributed by atoms with van der Waals surface area (Å²) >= 11 is 0. The van der Waals surface area contributed by atoms with Gasteiger partial charge in [-0.3, -0.25) is 4.57 Å². The zero-order chi connectivity index (χ0) is 44.3. The molecule has 5 aromatic carbocycles. The topological polar surface area (TPSA) is 43.6 Å². The summed E-state index contributed by atoms with van der Waals surface area (Å²) in [5, 5.41) is 0.510. The monoisotopic (exact) mass is 714 g/mol. The molecule has 0 aliphatic heterocycles. The Morgan fingerprint density at radius 1 is 0.300 bits per heavy atom.